The Morgan fingerprint density at radius 3 is 2.00 bits per heavy atom. The van der Waals surface area contributed by atoms with Gasteiger partial charge in [0.05, 0.1) is 5.41 Å². The van der Waals surface area contributed by atoms with Gasteiger partial charge in [0.2, 0.25) is 0 Å². The lowest BCUT2D eigenvalue weighted by atomic mass is 9.76. The number of carbonyl (C=O) groups excluding carboxylic acids is 1. The van der Waals surface area contributed by atoms with Crippen molar-refractivity contribution in [2.45, 2.75) is 93.6 Å². The minimum atomic E-state index is -0.348. The van der Waals surface area contributed by atoms with Crippen LogP contribution in [-0.4, -0.2) is 11.6 Å². The Labute approximate surface area is 121 Å². The van der Waals surface area contributed by atoms with Crippen molar-refractivity contribution in [2.75, 3.05) is 0 Å². The van der Waals surface area contributed by atoms with E-state index in [1.807, 2.05) is 20.8 Å². The highest BCUT2D eigenvalue weighted by atomic mass is 16.6. The molecule has 2 nitrogen and oxygen atoms in total. The first-order valence-electron chi connectivity index (χ1n) is 7.07. The molecule has 0 unspecified atom stereocenters. The molecule has 2 heteroatoms. The fraction of sp³-hybridized carbons (Fsp3) is 0.941. The summed E-state index contributed by atoms with van der Waals surface area (Å²) in [5.41, 5.74) is -0.541. The highest BCUT2D eigenvalue weighted by Crippen LogP contribution is 2.39. The lowest BCUT2D eigenvalue weighted by Gasteiger charge is -2.42. The van der Waals surface area contributed by atoms with Gasteiger partial charge in [0.15, 0.2) is 0 Å². The molecule has 0 spiro atoms. The van der Waals surface area contributed by atoms with Gasteiger partial charge in [0.25, 0.3) is 0 Å². The second-order valence-corrected chi connectivity index (χ2v) is 6.41. The fourth-order valence-corrected chi connectivity index (χ4v) is 2.41. The molecule has 116 valence electrons. The molecule has 1 aliphatic carbocycles. The van der Waals surface area contributed by atoms with Gasteiger partial charge < -0.3 is 4.74 Å². The third-order valence-corrected chi connectivity index (χ3v) is 4.48. The second-order valence-electron chi connectivity index (χ2n) is 6.41. The second kappa shape index (κ2) is 7.91. The van der Waals surface area contributed by atoms with Crippen LogP contribution in [0.5, 0.6) is 0 Å². The maximum atomic E-state index is 12.3. The van der Waals surface area contributed by atoms with E-state index in [0.29, 0.717) is 5.92 Å². The van der Waals surface area contributed by atoms with Crippen molar-refractivity contribution in [1.82, 2.24) is 0 Å². The van der Waals surface area contributed by atoms with E-state index in [4.69, 9.17) is 4.74 Å². The molecule has 0 atom stereocenters. The van der Waals surface area contributed by atoms with E-state index >= 15 is 0 Å². The molecular weight excluding hydrogens is 236 g/mol. The standard InChI is InChI=1S/C15H28O2.2CH4/c1-6-14(4,5)13(16)17-15(12(2)3)10-8-7-9-11-15;;/h12H,6-11H2,1-5H3;2*1H4. The summed E-state index contributed by atoms with van der Waals surface area (Å²) in [4.78, 5) is 12.3. The molecule has 0 saturated heterocycles. The summed E-state index contributed by atoms with van der Waals surface area (Å²) < 4.78 is 5.96. The lowest BCUT2D eigenvalue weighted by Crippen LogP contribution is -2.45. The Kier molecular flexibility index (Phi) is 8.66. The summed E-state index contributed by atoms with van der Waals surface area (Å²) in [5.74, 6) is 0.398. The van der Waals surface area contributed by atoms with E-state index in [0.717, 1.165) is 19.3 Å². The van der Waals surface area contributed by atoms with Gasteiger partial charge >= 0.3 is 5.97 Å². The molecule has 0 aliphatic heterocycles. The number of hydrogen-bond acceptors (Lipinski definition) is 2. The van der Waals surface area contributed by atoms with Crippen LogP contribution in [-0.2, 0) is 9.53 Å². The predicted octanol–water partition coefficient (Wildman–Crippen LogP) is 5.60. The van der Waals surface area contributed by atoms with Crippen molar-refractivity contribution in [2.24, 2.45) is 11.3 Å². The average molecular weight is 272 g/mol. The highest BCUT2D eigenvalue weighted by Gasteiger charge is 2.41. The molecule has 1 saturated carbocycles. The molecular formula is C17H36O2. The molecule has 0 bridgehead atoms. The minimum absolute atomic E-state index is 0. The van der Waals surface area contributed by atoms with Crippen LogP contribution >= 0.6 is 0 Å². The number of rotatable bonds is 4. The van der Waals surface area contributed by atoms with Crippen LogP contribution in [0.15, 0.2) is 0 Å². The van der Waals surface area contributed by atoms with Gasteiger partial charge in [-0.3, -0.25) is 4.79 Å². The minimum Gasteiger partial charge on any atom is -0.458 e. The first-order chi connectivity index (χ1) is 7.84. The van der Waals surface area contributed by atoms with E-state index in [9.17, 15) is 4.79 Å². The maximum absolute atomic E-state index is 12.3. The van der Waals surface area contributed by atoms with Crippen molar-refractivity contribution in [1.29, 1.82) is 0 Å². The zero-order valence-electron chi connectivity index (χ0n) is 12.1. The quantitative estimate of drug-likeness (QED) is 0.623. The molecule has 0 heterocycles. The summed E-state index contributed by atoms with van der Waals surface area (Å²) in [6.07, 6.45) is 6.58. The maximum Gasteiger partial charge on any atom is 0.312 e. The van der Waals surface area contributed by atoms with Crippen molar-refractivity contribution >= 4 is 5.97 Å². The third kappa shape index (κ3) is 4.81. The van der Waals surface area contributed by atoms with E-state index in [1.54, 1.807) is 0 Å². The molecule has 0 aromatic heterocycles. The van der Waals surface area contributed by atoms with Gasteiger partial charge in [-0.2, -0.15) is 0 Å². The molecule has 0 radical (unpaired) electrons. The summed E-state index contributed by atoms with van der Waals surface area (Å²) >= 11 is 0. The van der Waals surface area contributed by atoms with Gasteiger partial charge in [-0.25, -0.2) is 0 Å². The number of esters is 1. The Balaban J connectivity index is 0. The molecule has 0 aromatic carbocycles. The monoisotopic (exact) mass is 272 g/mol. The number of ether oxygens (including phenoxy) is 1. The van der Waals surface area contributed by atoms with Crippen LogP contribution in [0.2, 0.25) is 0 Å². The zero-order valence-corrected chi connectivity index (χ0v) is 12.1. The summed E-state index contributed by atoms with van der Waals surface area (Å²) in [6, 6.07) is 0. The first-order valence-corrected chi connectivity index (χ1v) is 7.07. The van der Waals surface area contributed by atoms with Gasteiger partial charge in [0, 0.05) is 0 Å². The SMILES string of the molecule is C.C.CCC(C)(C)C(=O)OC1(C(C)C)CCCCC1. The van der Waals surface area contributed by atoms with Gasteiger partial charge in [-0.05, 0) is 51.9 Å². The van der Waals surface area contributed by atoms with Crippen LogP contribution in [0.3, 0.4) is 0 Å². The molecule has 19 heavy (non-hydrogen) atoms. The van der Waals surface area contributed by atoms with E-state index < -0.39 is 0 Å². The summed E-state index contributed by atoms with van der Waals surface area (Å²) in [6.45, 7) is 10.4. The van der Waals surface area contributed by atoms with Crippen LogP contribution in [0, 0.1) is 11.3 Å². The molecule has 0 aromatic rings. The number of hydrogen-bond donors (Lipinski definition) is 0. The molecule has 0 N–H and O–H groups in total. The smallest absolute Gasteiger partial charge is 0.312 e. The predicted molar refractivity (Wildman–Crippen MR) is 84.3 cm³/mol. The first kappa shape index (κ1) is 20.8. The van der Waals surface area contributed by atoms with Crippen molar-refractivity contribution < 1.29 is 9.53 Å². The van der Waals surface area contributed by atoms with Crippen LogP contribution in [0.1, 0.15) is 88.0 Å². The number of carbonyl (C=O) groups is 1. The van der Waals surface area contributed by atoms with Gasteiger partial charge in [-0.1, -0.05) is 42.0 Å². The van der Waals surface area contributed by atoms with Gasteiger partial charge in [-0.15, -0.1) is 0 Å². The van der Waals surface area contributed by atoms with Gasteiger partial charge in [0.1, 0.15) is 5.60 Å². The molecule has 1 rings (SSSR count). The summed E-state index contributed by atoms with van der Waals surface area (Å²) in [7, 11) is 0. The highest BCUT2D eigenvalue weighted by molar-refractivity contribution is 5.76. The Morgan fingerprint density at radius 2 is 1.63 bits per heavy atom. The molecule has 1 fully saturated rings. The van der Waals surface area contributed by atoms with Crippen molar-refractivity contribution in [3.63, 3.8) is 0 Å². The normalized spacial score (nSPS) is 18.2. The Morgan fingerprint density at radius 1 is 1.16 bits per heavy atom. The van der Waals surface area contributed by atoms with Crippen molar-refractivity contribution in [3.05, 3.63) is 0 Å². The fourth-order valence-electron chi connectivity index (χ4n) is 2.41. The lowest BCUT2D eigenvalue weighted by molar-refractivity contribution is -0.180. The molecule has 1 aliphatic rings. The zero-order chi connectivity index (χ0) is 13.1. The Bertz CT molecular complexity index is 260. The largest absolute Gasteiger partial charge is 0.458 e. The average Bonchev–Trinajstić information content (AvgIpc) is 2.30. The van der Waals surface area contributed by atoms with E-state index in [-0.39, 0.29) is 31.8 Å². The van der Waals surface area contributed by atoms with Crippen LogP contribution in [0.4, 0.5) is 0 Å². The van der Waals surface area contributed by atoms with Crippen LogP contribution in [0.25, 0.3) is 0 Å². The van der Waals surface area contributed by atoms with E-state index in [2.05, 4.69) is 13.8 Å². The topological polar surface area (TPSA) is 26.3 Å². The third-order valence-electron chi connectivity index (χ3n) is 4.48. The Hall–Kier alpha value is -0.530. The molecule has 0 amide bonds. The van der Waals surface area contributed by atoms with Crippen molar-refractivity contribution in [3.8, 4) is 0 Å². The van der Waals surface area contributed by atoms with E-state index in [1.165, 1.54) is 19.3 Å². The van der Waals surface area contributed by atoms with Crippen LogP contribution < -0.4 is 0 Å². The summed E-state index contributed by atoms with van der Waals surface area (Å²) in [5, 5.41) is 0.